The maximum atomic E-state index is 6.30. The van der Waals surface area contributed by atoms with Gasteiger partial charge in [-0.25, -0.2) is 0 Å². The molecule has 0 aliphatic carbocycles. The molecule has 0 fully saturated rings. The van der Waals surface area contributed by atoms with Gasteiger partial charge in [-0.3, -0.25) is 0 Å². The Morgan fingerprint density at radius 1 is 1.22 bits per heavy atom. The third-order valence-electron chi connectivity index (χ3n) is 2.88. The number of hydrogen-bond acceptors (Lipinski definition) is 3. The van der Waals surface area contributed by atoms with Crippen molar-refractivity contribution in [1.29, 1.82) is 0 Å². The van der Waals surface area contributed by atoms with Crippen LogP contribution in [0.3, 0.4) is 0 Å². The van der Waals surface area contributed by atoms with E-state index in [0.29, 0.717) is 0 Å². The average molecular weight is 267 g/mol. The lowest BCUT2D eigenvalue weighted by atomic mass is 10.00. The highest BCUT2D eigenvalue weighted by atomic mass is 32.2. The summed E-state index contributed by atoms with van der Waals surface area (Å²) in [4.78, 5) is 0. The van der Waals surface area contributed by atoms with Crippen molar-refractivity contribution < 1.29 is 4.74 Å². The van der Waals surface area contributed by atoms with E-state index < -0.39 is 0 Å². The molecule has 102 valence electrons. The molecule has 1 aromatic carbocycles. The molecule has 0 bridgehead atoms. The molecule has 0 aromatic heterocycles. The van der Waals surface area contributed by atoms with Gasteiger partial charge in [0.2, 0.25) is 0 Å². The maximum Gasteiger partial charge on any atom is 0.122 e. The zero-order valence-corrected chi connectivity index (χ0v) is 13.1. The first kappa shape index (κ1) is 15.4. The van der Waals surface area contributed by atoms with Crippen LogP contribution in [0.2, 0.25) is 0 Å². The third kappa shape index (κ3) is 4.21. The van der Waals surface area contributed by atoms with E-state index in [0.717, 1.165) is 17.1 Å². The molecule has 1 rings (SSSR count). The summed E-state index contributed by atoms with van der Waals surface area (Å²) in [5.74, 6) is 1.88. The normalized spacial score (nSPS) is 13.5. The fourth-order valence-electron chi connectivity index (χ4n) is 1.86. The number of rotatable bonds is 4. The third-order valence-corrected chi connectivity index (χ3v) is 4.27. The molecule has 0 saturated heterocycles. The molecule has 0 saturated carbocycles. The van der Waals surface area contributed by atoms with Crippen LogP contribution in [-0.2, 0) is 0 Å². The minimum Gasteiger partial charge on any atom is -0.496 e. The Labute approximate surface area is 115 Å². The van der Waals surface area contributed by atoms with Crippen LogP contribution < -0.4 is 10.5 Å². The van der Waals surface area contributed by atoms with Crippen LogP contribution in [0.5, 0.6) is 5.75 Å². The Bertz CT molecular complexity index is 410. The van der Waals surface area contributed by atoms with Crippen molar-refractivity contribution >= 4 is 11.8 Å². The Balaban J connectivity index is 2.86. The Hall–Kier alpha value is -0.670. The van der Waals surface area contributed by atoms with Crippen molar-refractivity contribution in [3.8, 4) is 5.75 Å². The smallest absolute Gasteiger partial charge is 0.122 e. The summed E-state index contributed by atoms with van der Waals surface area (Å²) in [6.45, 7) is 10.8. The SMILES string of the molecule is COc1cc(C)c(C(N)CSC(C)(C)C)cc1C. The topological polar surface area (TPSA) is 35.2 Å². The van der Waals surface area contributed by atoms with E-state index in [4.69, 9.17) is 10.5 Å². The first-order valence-electron chi connectivity index (χ1n) is 6.29. The van der Waals surface area contributed by atoms with Crippen molar-refractivity contribution in [1.82, 2.24) is 0 Å². The predicted octanol–water partition coefficient (Wildman–Crippen LogP) is 3.84. The van der Waals surface area contributed by atoms with Crippen LogP contribution in [0.1, 0.15) is 43.5 Å². The molecule has 0 radical (unpaired) electrons. The lowest BCUT2D eigenvalue weighted by molar-refractivity contribution is 0.411. The first-order valence-corrected chi connectivity index (χ1v) is 7.28. The molecule has 1 atom stereocenters. The fraction of sp³-hybridized carbons (Fsp3) is 0.600. The number of methoxy groups -OCH3 is 1. The van der Waals surface area contributed by atoms with E-state index in [1.54, 1.807) is 7.11 Å². The number of hydrogen-bond donors (Lipinski definition) is 1. The number of aryl methyl sites for hydroxylation is 2. The van der Waals surface area contributed by atoms with Gasteiger partial charge in [0.1, 0.15) is 5.75 Å². The van der Waals surface area contributed by atoms with E-state index in [1.807, 2.05) is 11.8 Å². The van der Waals surface area contributed by atoms with Crippen molar-refractivity contribution in [2.75, 3.05) is 12.9 Å². The molecule has 0 spiro atoms. The van der Waals surface area contributed by atoms with Crippen molar-refractivity contribution in [3.63, 3.8) is 0 Å². The van der Waals surface area contributed by atoms with Gasteiger partial charge in [-0.15, -0.1) is 0 Å². The summed E-state index contributed by atoms with van der Waals surface area (Å²) in [6, 6.07) is 4.31. The zero-order valence-electron chi connectivity index (χ0n) is 12.3. The first-order chi connectivity index (χ1) is 8.24. The van der Waals surface area contributed by atoms with Gasteiger partial charge in [-0.1, -0.05) is 26.8 Å². The van der Waals surface area contributed by atoms with E-state index in [2.05, 4.69) is 46.8 Å². The molecule has 2 N–H and O–H groups in total. The van der Waals surface area contributed by atoms with Crippen molar-refractivity contribution in [3.05, 3.63) is 28.8 Å². The second kappa shape index (κ2) is 5.98. The van der Waals surface area contributed by atoms with Crippen LogP contribution in [0, 0.1) is 13.8 Å². The van der Waals surface area contributed by atoms with Gasteiger partial charge in [-0.2, -0.15) is 11.8 Å². The lowest BCUT2D eigenvalue weighted by Crippen LogP contribution is -2.19. The van der Waals surface area contributed by atoms with Crippen LogP contribution in [0.25, 0.3) is 0 Å². The fourth-order valence-corrected chi connectivity index (χ4v) is 2.72. The standard InChI is InChI=1S/C15H25NOS/c1-10-8-14(17-6)11(2)7-12(10)13(16)9-18-15(3,4)5/h7-8,13H,9,16H2,1-6H3. The van der Waals surface area contributed by atoms with E-state index >= 15 is 0 Å². The molecule has 0 heterocycles. The Morgan fingerprint density at radius 2 is 1.83 bits per heavy atom. The van der Waals surface area contributed by atoms with Crippen LogP contribution in [0.15, 0.2) is 12.1 Å². The summed E-state index contributed by atoms with van der Waals surface area (Å²) in [7, 11) is 1.71. The number of benzene rings is 1. The summed E-state index contributed by atoms with van der Waals surface area (Å²) in [5.41, 5.74) is 9.88. The van der Waals surface area contributed by atoms with E-state index in [-0.39, 0.29) is 10.8 Å². The van der Waals surface area contributed by atoms with Crippen LogP contribution in [-0.4, -0.2) is 17.6 Å². The highest BCUT2D eigenvalue weighted by Crippen LogP contribution is 2.31. The predicted molar refractivity (Wildman–Crippen MR) is 81.6 cm³/mol. The minimum absolute atomic E-state index is 0.0823. The minimum atomic E-state index is 0.0823. The molecule has 1 unspecified atom stereocenters. The molecule has 3 heteroatoms. The van der Waals surface area contributed by atoms with Gasteiger partial charge in [0.25, 0.3) is 0 Å². The molecular formula is C15H25NOS. The van der Waals surface area contributed by atoms with Gasteiger partial charge >= 0.3 is 0 Å². The second-order valence-corrected chi connectivity index (χ2v) is 7.56. The second-order valence-electron chi connectivity index (χ2n) is 5.71. The number of thioether (sulfide) groups is 1. The average Bonchev–Trinajstić information content (AvgIpc) is 2.27. The monoisotopic (exact) mass is 267 g/mol. The molecule has 1 aromatic rings. The number of ether oxygens (including phenoxy) is 1. The summed E-state index contributed by atoms with van der Waals surface area (Å²) < 4.78 is 5.59. The van der Waals surface area contributed by atoms with Crippen molar-refractivity contribution in [2.24, 2.45) is 5.73 Å². The molecule has 0 amide bonds. The zero-order chi connectivity index (χ0) is 13.9. The molecule has 0 aliphatic rings. The largest absolute Gasteiger partial charge is 0.496 e. The molecule has 2 nitrogen and oxygen atoms in total. The van der Waals surface area contributed by atoms with E-state index in [1.165, 1.54) is 11.1 Å². The van der Waals surface area contributed by atoms with Gasteiger partial charge in [0.05, 0.1) is 7.11 Å². The summed E-state index contributed by atoms with van der Waals surface area (Å²) in [5, 5.41) is 0. The quantitative estimate of drug-likeness (QED) is 0.900. The highest BCUT2D eigenvalue weighted by molar-refractivity contribution is 8.00. The summed E-state index contributed by atoms with van der Waals surface area (Å²) >= 11 is 1.90. The van der Waals surface area contributed by atoms with Crippen LogP contribution in [0.4, 0.5) is 0 Å². The summed E-state index contributed by atoms with van der Waals surface area (Å²) in [6.07, 6.45) is 0. The van der Waals surface area contributed by atoms with Gasteiger partial charge in [0.15, 0.2) is 0 Å². The molecule has 18 heavy (non-hydrogen) atoms. The van der Waals surface area contributed by atoms with Gasteiger partial charge < -0.3 is 10.5 Å². The highest BCUT2D eigenvalue weighted by Gasteiger charge is 2.16. The molecule has 0 aliphatic heterocycles. The van der Waals surface area contributed by atoms with Gasteiger partial charge in [0, 0.05) is 16.5 Å². The maximum absolute atomic E-state index is 6.30. The van der Waals surface area contributed by atoms with Crippen molar-refractivity contribution in [2.45, 2.75) is 45.4 Å². The van der Waals surface area contributed by atoms with Crippen LogP contribution >= 0.6 is 11.8 Å². The van der Waals surface area contributed by atoms with Gasteiger partial charge in [-0.05, 0) is 36.6 Å². The Kier molecular flexibility index (Phi) is 5.11. The lowest BCUT2D eigenvalue weighted by Gasteiger charge is -2.22. The number of nitrogens with two attached hydrogens (primary N) is 1. The Morgan fingerprint density at radius 3 is 2.33 bits per heavy atom. The molecular weight excluding hydrogens is 242 g/mol. The van der Waals surface area contributed by atoms with E-state index in [9.17, 15) is 0 Å².